The standard InChI is InChI=1S/C73H131N2O7P/c1-7-10-13-16-19-22-25-28-30-32-33-34-35-36-37-38-39-40-41-43-44-47-50-53-56-59-62-65-72(76)74-70(69-81-83(78,79)80-68-67-75(4,5)6)71(64-61-58-55-52-49-46-27-24-21-18-15-12-9-3)82-73(77)66-63-60-57-54-51-48-45-42-31-29-26-23-20-17-14-11-8-2/h19-20,22-23,28-31,33-34,36-37,45,48,61,64,70-71H,7-18,21,24-27,32,35,38-44,46-47,49-60,62-63,65-69H2,1-6H3,(H-,74,76,78,79)/b22-19-,23-20-,30-28-,31-29-,34-33-,37-36-,48-45-,64-61-. The van der Waals surface area contributed by atoms with Crippen LogP contribution in [0.2, 0.25) is 0 Å². The first-order valence-electron chi connectivity index (χ1n) is 34.5. The van der Waals surface area contributed by atoms with Crippen LogP contribution >= 0.6 is 7.82 Å². The molecule has 480 valence electrons. The lowest BCUT2D eigenvalue weighted by Gasteiger charge is -2.30. The van der Waals surface area contributed by atoms with E-state index in [1.54, 1.807) is 0 Å². The second-order valence-electron chi connectivity index (χ2n) is 24.3. The number of nitrogens with one attached hydrogen (secondary N) is 1. The van der Waals surface area contributed by atoms with Crippen LogP contribution in [-0.4, -0.2) is 69.4 Å². The predicted molar refractivity (Wildman–Crippen MR) is 358 cm³/mol. The Hall–Kier alpha value is -3.07. The van der Waals surface area contributed by atoms with Crippen molar-refractivity contribution >= 4 is 19.7 Å². The maximum Gasteiger partial charge on any atom is 0.306 e. The topological polar surface area (TPSA) is 114 Å². The van der Waals surface area contributed by atoms with Crippen molar-refractivity contribution in [1.29, 1.82) is 0 Å². The lowest BCUT2D eigenvalue weighted by Crippen LogP contribution is -2.47. The van der Waals surface area contributed by atoms with E-state index >= 15 is 0 Å². The molecule has 10 heteroatoms. The zero-order valence-electron chi connectivity index (χ0n) is 54.9. The maximum atomic E-state index is 13.6. The third kappa shape index (κ3) is 63.3. The fourth-order valence-electron chi connectivity index (χ4n) is 9.63. The molecule has 0 aromatic rings. The summed E-state index contributed by atoms with van der Waals surface area (Å²) in [5.41, 5.74) is 0. The summed E-state index contributed by atoms with van der Waals surface area (Å²) in [5.74, 6) is -0.567. The van der Waals surface area contributed by atoms with E-state index in [0.717, 1.165) is 103 Å². The van der Waals surface area contributed by atoms with E-state index in [4.69, 9.17) is 13.8 Å². The Morgan fingerprint density at radius 3 is 1.12 bits per heavy atom. The van der Waals surface area contributed by atoms with Crippen LogP contribution in [0.5, 0.6) is 0 Å². The Morgan fingerprint density at radius 2 is 0.735 bits per heavy atom. The fraction of sp³-hybridized carbons (Fsp3) is 0.753. The largest absolute Gasteiger partial charge is 0.756 e. The summed E-state index contributed by atoms with van der Waals surface area (Å²) in [4.78, 5) is 40.1. The normalized spacial score (nSPS) is 14.2. The van der Waals surface area contributed by atoms with E-state index < -0.39 is 26.6 Å². The molecule has 1 amide bonds. The van der Waals surface area contributed by atoms with E-state index in [-0.39, 0.29) is 24.9 Å². The number of hydrogen-bond acceptors (Lipinski definition) is 7. The van der Waals surface area contributed by atoms with E-state index in [1.807, 2.05) is 33.3 Å². The smallest absolute Gasteiger partial charge is 0.306 e. The van der Waals surface area contributed by atoms with Crippen molar-refractivity contribution in [2.75, 3.05) is 40.9 Å². The van der Waals surface area contributed by atoms with Gasteiger partial charge in [0, 0.05) is 12.8 Å². The number of carbonyl (C=O) groups is 2. The molecule has 0 saturated heterocycles. The summed E-state index contributed by atoms with van der Waals surface area (Å²) in [6.07, 6.45) is 83.8. The number of ether oxygens (including phenoxy) is 1. The minimum absolute atomic E-state index is 0.0304. The maximum absolute atomic E-state index is 13.6. The summed E-state index contributed by atoms with van der Waals surface area (Å²) in [7, 11) is 1.16. The average Bonchev–Trinajstić information content (AvgIpc) is 3.47. The zero-order valence-corrected chi connectivity index (χ0v) is 55.8. The Kier molecular flexibility index (Phi) is 59.7. The molecule has 0 aliphatic carbocycles. The van der Waals surface area contributed by atoms with Crippen molar-refractivity contribution in [3.8, 4) is 0 Å². The van der Waals surface area contributed by atoms with Gasteiger partial charge in [0.2, 0.25) is 5.91 Å². The van der Waals surface area contributed by atoms with Crippen LogP contribution in [0.15, 0.2) is 97.2 Å². The molecular formula is C73H131N2O7P. The van der Waals surface area contributed by atoms with Crippen LogP contribution in [0.3, 0.4) is 0 Å². The number of phosphoric ester groups is 1. The van der Waals surface area contributed by atoms with Crippen molar-refractivity contribution in [2.24, 2.45) is 0 Å². The van der Waals surface area contributed by atoms with E-state index in [0.29, 0.717) is 23.9 Å². The second-order valence-corrected chi connectivity index (χ2v) is 25.7. The highest BCUT2D eigenvalue weighted by Crippen LogP contribution is 2.38. The number of unbranched alkanes of at least 4 members (excludes halogenated alkanes) is 32. The Balaban J connectivity index is 5.14. The highest BCUT2D eigenvalue weighted by molar-refractivity contribution is 7.45. The van der Waals surface area contributed by atoms with Gasteiger partial charge in [-0.1, -0.05) is 272 Å². The molecule has 0 bridgehead atoms. The molecule has 9 nitrogen and oxygen atoms in total. The van der Waals surface area contributed by atoms with Gasteiger partial charge in [-0.3, -0.25) is 14.2 Å². The van der Waals surface area contributed by atoms with Crippen LogP contribution in [0.4, 0.5) is 0 Å². The van der Waals surface area contributed by atoms with Crippen LogP contribution in [0.1, 0.15) is 303 Å². The first-order chi connectivity index (χ1) is 40.4. The van der Waals surface area contributed by atoms with E-state index in [9.17, 15) is 19.0 Å². The van der Waals surface area contributed by atoms with Gasteiger partial charge in [0.15, 0.2) is 0 Å². The summed E-state index contributed by atoms with van der Waals surface area (Å²) in [5, 5.41) is 3.03. The summed E-state index contributed by atoms with van der Waals surface area (Å²) >= 11 is 0. The number of hydrogen-bond donors (Lipinski definition) is 1. The van der Waals surface area contributed by atoms with Gasteiger partial charge in [-0.25, -0.2) is 0 Å². The second kappa shape index (κ2) is 62.0. The molecule has 0 aliphatic rings. The van der Waals surface area contributed by atoms with Crippen LogP contribution < -0.4 is 10.2 Å². The van der Waals surface area contributed by atoms with Crippen LogP contribution in [0, 0.1) is 0 Å². The Labute approximate surface area is 513 Å². The summed E-state index contributed by atoms with van der Waals surface area (Å²) in [6, 6.07) is -0.905. The number of allylic oxidation sites excluding steroid dienone is 15. The molecule has 0 aromatic heterocycles. The number of carbonyl (C=O) groups excluding carboxylic acids is 2. The molecule has 83 heavy (non-hydrogen) atoms. The predicted octanol–water partition coefficient (Wildman–Crippen LogP) is 21.3. The van der Waals surface area contributed by atoms with Gasteiger partial charge >= 0.3 is 5.97 Å². The first kappa shape index (κ1) is 79.9. The Bertz CT molecular complexity index is 1740. The minimum atomic E-state index is -4.71. The molecule has 3 atom stereocenters. The fourth-order valence-corrected chi connectivity index (χ4v) is 10.4. The number of esters is 1. The van der Waals surface area contributed by atoms with Gasteiger partial charge < -0.3 is 28.5 Å². The number of amides is 1. The molecular weight excluding hydrogens is 1050 g/mol. The number of rotatable bonds is 62. The molecule has 0 heterocycles. The highest BCUT2D eigenvalue weighted by Gasteiger charge is 2.27. The molecule has 0 aliphatic heterocycles. The quantitative estimate of drug-likeness (QED) is 0.0212. The molecule has 1 N–H and O–H groups in total. The highest BCUT2D eigenvalue weighted by atomic mass is 31.2. The van der Waals surface area contributed by atoms with Gasteiger partial charge in [0.1, 0.15) is 19.3 Å². The zero-order chi connectivity index (χ0) is 60.7. The third-order valence-electron chi connectivity index (χ3n) is 15.0. The van der Waals surface area contributed by atoms with Gasteiger partial charge in [0.25, 0.3) is 7.82 Å². The molecule has 0 saturated carbocycles. The lowest BCUT2D eigenvalue weighted by atomic mass is 10.0. The first-order valence-corrected chi connectivity index (χ1v) is 36.0. The van der Waals surface area contributed by atoms with Crippen molar-refractivity contribution in [3.05, 3.63) is 97.2 Å². The molecule has 3 unspecified atom stereocenters. The van der Waals surface area contributed by atoms with Gasteiger partial charge in [-0.15, -0.1) is 0 Å². The third-order valence-corrected chi connectivity index (χ3v) is 16.0. The van der Waals surface area contributed by atoms with Gasteiger partial charge in [-0.2, -0.15) is 0 Å². The summed E-state index contributed by atoms with van der Waals surface area (Å²) < 4.78 is 30.4. The van der Waals surface area contributed by atoms with Crippen molar-refractivity contribution < 1.29 is 37.3 Å². The number of phosphoric acid groups is 1. The van der Waals surface area contributed by atoms with E-state index in [2.05, 4.69) is 111 Å². The van der Waals surface area contributed by atoms with Gasteiger partial charge in [-0.05, 0) is 115 Å². The number of likely N-dealkylation sites (N-methyl/N-ethyl adjacent to an activating group) is 1. The van der Waals surface area contributed by atoms with E-state index in [1.165, 1.54) is 161 Å². The van der Waals surface area contributed by atoms with Crippen LogP contribution in [-0.2, 0) is 27.9 Å². The number of quaternary nitrogens is 1. The molecule has 0 radical (unpaired) electrons. The number of nitrogens with zero attached hydrogens (tertiary/aromatic N) is 1. The molecule has 0 spiro atoms. The average molecular weight is 1180 g/mol. The molecule has 0 fully saturated rings. The van der Waals surface area contributed by atoms with Gasteiger partial charge in [0.05, 0.1) is 33.8 Å². The summed E-state index contributed by atoms with van der Waals surface area (Å²) in [6.45, 7) is 6.78. The van der Waals surface area contributed by atoms with Crippen molar-refractivity contribution in [1.82, 2.24) is 5.32 Å². The van der Waals surface area contributed by atoms with Crippen molar-refractivity contribution in [3.63, 3.8) is 0 Å². The molecule has 0 aromatic carbocycles. The Morgan fingerprint density at radius 1 is 0.422 bits per heavy atom. The van der Waals surface area contributed by atoms with Crippen molar-refractivity contribution in [2.45, 2.75) is 315 Å². The van der Waals surface area contributed by atoms with Crippen LogP contribution in [0.25, 0.3) is 0 Å². The monoisotopic (exact) mass is 1180 g/mol. The molecule has 0 rings (SSSR count). The minimum Gasteiger partial charge on any atom is -0.756 e. The SMILES string of the molecule is CCCCC/C=C\C/C=C\C/C=C\C/C=C\CCCCCCCCCCCCCC(=O)NC(COP(=O)([O-])OCC[N+](C)(C)C)C(/C=C\CCCCCCCCCCCCC)OC(=O)CCCCCC/C=C\C/C=C\C/C=C\CCCCC. The lowest BCUT2D eigenvalue weighted by molar-refractivity contribution is -0.870.